The molecule has 2 heterocycles. The van der Waals surface area contributed by atoms with Gasteiger partial charge < -0.3 is 14.8 Å². The predicted molar refractivity (Wildman–Crippen MR) is 103 cm³/mol. The molecule has 0 saturated carbocycles. The highest BCUT2D eigenvalue weighted by atomic mass is 16.5. The number of carbonyl (C=O) groups is 1. The fourth-order valence-electron chi connectivity index (χ4n) is 3.20. The Morgan fingerprint density at radius 3 is 2.96 bits per heavy atom. The van der Waals surface area contributed by atoms with Crippen LogP contribution in [0, 0.1) is 6.92 Å². The van der Waals surface area contributed by atoms with Gasteiger partial charge in [-0.05, 0) is 66.1 Å². The van der Waals surface area contributed by atoms with Gasteiger partial charge in [-0.2, -0.15) is 0 Å². The second kappa shape index (κ2) is 8.18. The van der Waals surface area contributed by atoms with E-state index in [1.165, 1.54) is 6.33 Å². The van der Waals surface area contributed by atoms with Crippen LogP contribution in [0.15, 0.2) is 48.8 Å². The third kappa shape index (κ3) is 4.01. The third-order valence-corrected chi connectivity index (χ3v) is 4.63. The van der Waals surface area contributed by atoms with Gasteiger partial charge in [-0.1, -0.05) is 12.1 Å². The first kappa shape index (κ1) is 18.1. The van der Waals surface area contributed by atoms with E-state index in [1.54, 1.807) is 16.8 Å². The quantitative estimate of drug-likeness (QED) is 0.708. The number of ether oxygens (including phenoxy) is 2. The van der Waals surface area contributed by atoms with Crippen LogP contribution in [0.25, 0.3) is 5.69 Å². The summed E-state index contributed by atoms with van der Waals surface area (Å²) in [6.45, 7) is 3.16. The first-order chi connectivity index (χ1) is 13.7. The van der Waals surface area contributed by atoms with Gasteiger partial charge in [0.25, 0.3) is 5.91 Å². The standard InChI is InChI=1S/C20H21N5O3/c1-14-11-15(8-9-18(14)25-13-21-23-24-25)22-20(26)17-6-2-3-7-19(17)28-12-16-5-4-10-27-16/h2-3,6-9,11,13,16H,4-5,10,12H2,1H3,(H,22,26). The molecule has 2 aromatic carbocycles. The highest BCUT2D eigenvalue weighted by molar-refractivity contribution is 6.06. The number of para-hydroxylation sites is 1. The van der Waals surface area contributed by atoms with E-state index in [-0.39, 0.29) is 12.0 Å². The Kier molecular flexibility index (Phi) is 5.29. The van der Waals surface area contributed by atoms with Crippen LogP contribution < -0.4 is 10.1 Å². The summed E-state index contributed by atoms with van der Waals surface area (Å²) in [4.78, 5) is 12.8. The number of nitrogens with zero attached hydrogens (tertiary/aromatic N) is 4. The maximum Gasteiger partial charge on any atom is 0.259 e. The predicted octanol–water partition coefficient (Wildman–Crippen LogP) is 2.78. The van der Waals surface area contributed by atoms with Crippen LogP contribution in [0.2, 0.25) is 0 Å². The van der Waals surface area contributed by atoms with E-state index in [2.05, 4.69) is 20.8 Å². The fourth-order valence-corrected chi connectivity index (χ4v) is 3.20. The lowest BCUT2D eigenvalue weighted by atomic mass is 10.1. The van der Waals surface area contributed by atoms with Gasteiger partial charge >= 0.3 is 0 Å². The van der Waals surface area contributed by atoms with Crippen molar-refractivity contribution in [1.82, 2.24) is 20.2 Å². The molecule has 1 saturated heterocycles. The maximum absolute atomic E-state index is 12.8. The lowest BCUT2D eigenvalue weighted by Gasteiger charge is -2.15. The number of nitrogens with one attached hydrogen (secondary N) is 1. The van der Waals surface area contributed by atoms with E-state index in [1.807, 2.05) is 37.3 Å². The van der Waals surface area contributed by atoms with Gasteiger partial charge in [0.2, 0.25) is 0 Å². The van der Waals surface area contributed by atoms with Crippen LogP contribution in [-0.2, 0) is 4.74 Å². The number of aromatic nitrogens is 4. The number of hydrogen-bond acceptors (Lipinski definition) is 6. The van der Waals surface area contributed by atoms with Crippen LogP contribution in [0.5, 0.6) is 5.75 Å². The highest BCUT2D eigenvalue weighted by Gasteiger charge is 2.18. The lowest BCUT2D eigenvalue weighted by molar-refractivity contribution is 0.0673. The zero-order valence-electron chi connectivity index (χ0n) is 15.5. The summed E-state index contributed by atoms with van der Waals surface area (Å²) in [6, 6.07) is 12.8. The molecule has 0 bridgehead atoms. The SMILES string of the molecule is Cc1cc(NC(=O)c2ccccc2OCC2CCCO2)ccc1-n1cnnn1. The molecule has 0 spiro atoms. The molecule has 28 heavy (non-hydrogen) atoms. The van der Waals surface area contributed by atoms with Gasteiger partial charge in [-0.25, -0.2) is 4.68 Å². The maximum atomic E-state index is 12.8. The van der Waals surface area contributed by atoms with Gasteiger partial charge in [-0.15, -0.1) is 5.10 Å². The minimum absolute atomic E-state index is 0.0950. The van der Waals surface area contributed by atoms with Crippen molar-refractivity contribution in [2.24, 2.45) is 0 Å². The van der Waals surface area contributed by atoms with Crippen molar-refractivity contribution in [3.63, 3.8) is 0 Å². The number of amides is 1. The second-order valence-electron chi connectivity index (χ2n) is 6.65. The molecule has 1 atom stereocenters. The van der Waals surface area contributed by atoms with Crippen molar-refractivity contribution < 1.29 is 14.3 Å². The Morgan fingerprint density at radius 2 is 2.21 bits per heavy atom. The molecule has 1 N–H and O–H groups in total. The van der Waals surface area contributed by atoms with E-state index in [0.717, 1.165) is 30.7 Å². The second-order valence-corrected chi connectivity index (χ2v) is 6.65. The van der Waals surface area contributed by atoms with Gasteiger partial charge in [-0.3, -0.25) is 4.79 Å². The van der Waals surface area contributed by atoms with Crippen molar-refractivity contribution in [3.05, 3.63) is 59.9 Å². The number of anilines is 1. The molecule has 4 rings (SSSR count). The van der Waals surface area contributed by atoms with E-state index >= 15 is 0 Å². The number of rotatable bonds is 6. The molecule has 1 fully saturated rings. The minimum Gasteiger partial charge on any atom is -0.490 e. The smallest absolute Gasteiger partial charge is 0.259 e. The Labute approximate surface area is 162 Å². The Balaban J connectivity index is 1.47. The molecule has 8 heteroatoms. The number of hydrogen-bond donors (Lipinski definition) is 1. The Hall–Kier alpha value is -3.26. The number of benzene rings is 2. The zero-order valence-corrected chi connectivity index (χ0v) is 15.5. The van der Waals surface area contributed by atoms with Crippen molar-refractivity contribution in [2.75, 3.05) is 18.5 Å². The largest absolute Gasteiger partial charge is 0.490 e. The molecule has 1 unspecified atom stereocenters. The molecule has 1 aliphatic rings. The van der Waals surface area contributed by atoms with Crippen molar-refractivity contribution in [2.45, 2.75) is 25.9 Å². The Morgan fingerprint density at radius 1 is 1.32 bits per heavy atom. The van der Waals surface area contributed by atoms with Crippen LogP contribution in [-0.4, -0.2) is 45.4 Å². The van der Waals surface area contributed by atoms with Crippen molar-refractivity contribution in [1.29, 1.82) is 0 Å². The molecule has 1 aliphatic heterocycles. The van der Waals surface area contributed by atoms with Crippen LogP contribution in [0.4, 0.5) is 5.69 Å². The van der Waals surface area contributed by atoms with E-state index in [4.69, 9.17) is 9.47 Å². The van der Waals surface area contributed by atoms with Gasteiger partial charge in [0.05, 0.1) is 17.4 Å². The van der Waals surface area contributed by atoms with Gasteiger partial charge in [0, 0.05) is 12.3 Å². The molecule has 1 amide bonds. The molecular formula is C20H21N5O3. The third-order valence-electron chi connectivity index (χ3n) is 4.63. The van der Waals surface area contributed by atoms with Gasteiger partial charge in [0.15, 0.2) is 0 Å². The summed E-state index contributed by atoms with van der Waals surface area (Å²) in [5, 5.41) is 14.1. The highest BCUT2D eigenvalue weighted by Crippen LogP contribution is 2.23. The first-order valence-electron chi connectivity index (χ1n) is 9.19. The summed E-state index contributed by atoms with van der Waals surface area (Å²) in [6.07, 6.45) is 3.66. The summed E-state index contributed by atoms with van der Waals surface area (Å²) >= 11 is 0. The molecule has 144 valence electrons. The summed E-state index contributed by atoms with van der Waals surface area (Å²) < 4.78 is 13.0. The monoisotopic (exact) mass is 379 g/mol. The molecule has 8 nitrogen and oxygen atoms in total. The fraction of sp³-hybridized carbons (Fsp3) is 0.300. The zero-order chi connectivity index (χ0) is 19.3. The molecule has 3 aromatic rings. The molecule has 1 aromatic heterocycles. The Bertz CT molecular complexity index is 952. The van der Waals surface area contributed by atoms with Crippen LogP contribution in [0.1, 0.15) is 28.8 Å². The lowest BCUT2D eigenvalue weighted by Crippen LogP contribution is -2.19. The summed E-state index contributed by atoms with van der Waals surface area (Å²) in [7, 11) is 0. The number of tetrazole rings is 1. The van der Waals surface area contributed by atoms with E-state index in [0.29, 0.717) is 23.6 Å². The topological polar surface area (TPSA) is 91.2 Å². The van der Waals surface area contributed by atoms with Gasteiger partial charge in [0.1, 0.15) is 18.7 Å². The van der Waals surface area contributed by atoms with Crippen LogP contribution in [0.3, 0.4) is 0 Å². The number of aryl methyl sites for hydroxylation is 1. The van der Waals surface area contributed by atoms with Crippen LogP contribution >= 0.6 is 0 Å². The summed E-state index contributed by atoms with van der Waals surface area (Å²) in [5.41, 5.74) is 2.97. The molecule has 0 aliphatic carbocycles. The van der Waals surface area contributed by atoms with Crippen molar-refractivity contribution >= 4 is 11.6 Å². The average Bonchev–Trinajstić information content (AvgIpc) is 3.41. The normalized spacial score (nSPS) is 16.1. The van der Waals surface area contributed by atoms with E-state index < -0.39 is 0 Å². The minimum atomic E-state index is -0.225. The number of carbonyl (C=O) groups excluding carboxylic acids is 1. The summed E-state index contributed by atoms with van der Waals surface area (Å²) in [5.74, 6) is 0.329. The molecule has 0 radical (unpaired) electrons. The first-order valence-corrected chi connectivity index (χ1v) is 9.19. The molecular weight excluding hydrogens is 358 g/mol. The van der Waals surface area contributed by atoms with Crippen molar-refractivity contribution in [3.8, 4) is 11.4 Å². The average molecular weight is 379 g/mol. The van der Waals surface area contributed by atoms with E-state index in [9.17, 15) is 4.79 Å².